The highest BCUT2D eigenvalue weighted by atomic mass is 16.1. The molecule has 2 rings (SSSR count). The molecule has 2 heteroatoms. The number of hydrogen-bond acceptors (Lipinski definition) is 1. The number of aromatic nitrogens is 1. The van der Waals surface area contributed by atoms with Crippen LogP contribution in [0.1, 0.15) is 57.4 Å². The van der Waals surface area contributed by atoms with E-state index < -0.39 is 0 Å². The van der Waals surface area contributed by atoms with Gasteiger partial charge in [0.25, 0.3) is 0 Å². The molecule has 0 aliphatic carbocycles. The molecule has 0 unspecified atom stereocenters. The van der Waals surface area contributed by atoms with Crippen molar-refractivity contribution in [2.75, 3.05) is 0 Å². The van der Waals surface area contributed by atoms with Gasteiger partial charge in [-0.25, -0.2) is 0 Å². The summed E-state index contributed by atoms with van der Waals surface area (Å²) in [6.07, 6.45) is 20.0. The molecule has 0 amide bonds. The number of benzene rings is 1. The number of para-hydroxylation sites is 1. The van der Waals surface area contributed by atoms with Gasteiger partial charge in [0.15, 0.2) is 5.43 Å². The average Bonchev–Trinajstić information content (AvgIpc) is 2.63. The van der Waals surface area contributed by atoms with Crippen LogP contribution in [0, 0.1) is 0 Å². The Morgan fingerprint density at radius 2 is 1.68 bits per heavy atom. The first-order chi connectivity index (χ1) is 12.2. The summed E-state index contributed by atoms with van der Waals surface area (Å²) in [4.78, 5) is 12.6. The van der Waals surface area contributed by atoms with Crippen LogP contribution in [-0.4, -0.2) is 4.57 Å². The molecule has 2 aromatic rings. The van der Waals surface area contributed by atoms with Crippen molar-refractivity contribution in [2.24, 2.45) is 7.05 Å². The van der Waals surface area contributed by atoms with Crippen LogP contribution in [0.4, 0.5) is 0 Å². The number of aryl methyl sites for hydroxylation is 2. The Morgan fingerprint density at radius 1 is 0.960 bits per heavy atom. The summed E-state index contributed by atoms with van der Waals surface area (Å²) >= 11 is 0. The molecule has 0 saturated heterocycles. The lowest BCUT2D eigenvalue weighted by Gasteiger charge is -2.08. The number of unbranched alkanes of at least 4 members (excludes halogenated alkanes) is 4. The zero-order valence-corrected chi connectivity index (χ0v) is 15.7. The summed E-state index contributed by atoms with van der Waals surface area (Å²) in [5.41, 5.74) is 2.11. The van der Waals surface area contributed by atoms with Gasteiger partial charge in [-0.3, -0.25) is 4.79 Å². The summed E-state index contributed by atoms with van der Waals surface area (Å²) < 4.78 is 2.06. The quantitative estimate of drug-likeness (QED) is 0.388. The van der Waals surface area contributed by atoms with Crippen molar-refractivity contribution < 1.29 is 0 Å². The fourth-order valence-electron chi connectivity index (χ4n) is 3.12. The summed E-state index contributed by atoms with van der Waals surface area (Å²) in [6.45, 7) is 2.24. The molecule has 1 heterocycles. The third kappa shape index (κ3) is 6.04. The molecular formula is C23H31NO. The van der Waals surface area contributed by atoms with Crippen molar-refractivity contribution in [3.63, 3.8) is 0 Å². The Hall–Kier alpha value is -2.09. The van der Waals surface area contributed by atoms with E-state index in [2.05, 4.69) is 35.8 Å². The van der Waals surface area contributed by atoms with E-state index in [0.29, 0.717) is 0 Å². The second-order valence-corrected chi connectivity index (χ2v) is 6.68. The van der Waals surface area contributed by atoms with Crippen molar-refractivity contribution in [3.05, 3.63) is 70.6 Å². The number of fused-ring (bicyclic) bond motifs is 1. The topological polar surface area (TPSA) is 22.0 Å². The van der Waals surface area contributed by atoms with Crippen molar-refractivity contribution in [2.45, 2.75) is 58.3 Å². The Labute approximate surface area is 151 Å². The number of rotatable bonds is 10. The van der Waals surface area contributed by atoms with E-state index in [-0.39, 0.29) is 5.43 Å². The second-order valence-electron chi connectivity index (χ2n) is 6.68. The van der Waals surface area contributed by atoms with Gasteiger partial charge >= 0.3 is 0 Å². The van der Waals surface area contributed by atoms with E-state index in [1.807, 2.05) is 37.5 Å². The van der Waals surface area contributed by atoms with Crippen molar-refractivity contribution in [3.8, 4) is 0 Å². The molecule has 134 valence electrons. The first-order valence-electron chi connectivity index (χ1n) is 9.61. The largest absolute Gasteiger partial charge is 0.350 e. The van der Waals surface area contributed by atoms with Crippen molar-refractivity contribution in [1.82, 2.24) is 4.57 Å². The van der Waals surface area contributed by atoms with Gasteiger partial charge in [0.2, 0.25) is 0 Å². The summed E-state index contributed by atoms with van der Waals surface area (Å²) in [6, 6.07) is 7.84. The summed E-state index contributed by atoms with van der Waals surface area (Å²) in [5.74, 6) is 0. The molecule has 1 aromatic heterocycles. The molecule has 1 aromatic carbocycles. The van der Waals surface area contributed by atoms with Crippen LogP contribution < -0.4 is 5.43 Å². The fraction of sp³-hybridized carbons (Fsp3) is 0.435. The number of hydrogen-bond donors (Lipinski definition) is 0. The normalized spacial score (nSPS) is 11.9. The highest BCUT2D eigenvalue weighted by molar-refractivity contribution is 5.79. The zero-order chi connectivity index (χ0) is 17.9. The molecule has 25 heavy (non-hydrogen) atoms. The van der Waals surface area contributed by atoms with Gasteiger partial charge in [0.1, 0.15) is 0 Å². The van der Waals surface area contributed by atoms with Crippen LogP contribution in [0.25, 0.3) is 10.9 Å². The Balaban J connectivity index is 1.77. The van der Waals surface area contributed by atoms with E-state index in [1.54, 1.807) is 0 Å². The molecule has 0 saturated carbocycles. The first-order valence-corrected chi connectivity index (χ1v) is 9.61. The van der Waals surface area contributed by atoms with Gasteiger partial charge in [-0.2, -0.15) is 0 Å². The van der Waals surface area contributed by atoms with Crippen LogP contribution in [-0.2, 0) is 13.5 Å². The smallest absolute Gasteiger partial charge is 0.192 e. The molecule has 0 bridgehead atoms. The third-order valence-electron chi connectivity index (χ3n) is 4.57. The minimum Gasteiger partial charge on any atom is -0.350 e. The maximum Gasteiger partial charge on any atom is 0.192 e. The van der Waals surface area contributed by atoms with E-state index in [0.717, 1.165) is 42.1 Å². The molecule has 0 atom stereocenters. The molecule has 0 radical (unpaired) electrons. The van der Waals surface area contributed by atoms with Crippen LogP contribution in [0.3, 0.4) is 0 Å². The Kier molecular flexibility index (Phi) is 8.24. The minimum atomic E-state index is 0.188. The Bertz CT molecular complexity index is 767. The number of allylic oxidation sites excluding steroid dienone is 4. The summed E-state index contributed by atoms with van der Waals surface area (Å²) in [7, 11) is 2.01. The number of nitrogens with zero attached hydrogens (tertiary/aromatic N) is 1. The van der Waals surface area contributed by atoms with E-state index in [1.165, 1.54) is 25.7 Å². The van der Waals surface area contributed by atoms with Gasteiger partial charge in [0, 0.05) is 24.2 Å². The molecule has 0 aliphatic heterocycles. The maximum atomic E-state index is 12.6. The molecular weight excluding hydrogens is 306 g/mol. The van der Waals surface area contributed by atoms with Crippen LogP contribution in [0.5, 0.6) is 0 Å². The molecule has 2 nitrogen and oxygen atoms in total. The first kappa shape index (κ1) is 19.2. The van der Waals surface area contributed by atoms with Crippen LogP contribution >= 0.6 is 0 Å². The molecule has 0 aliphatic rings. The summed E-state index contributed by atoms with van der Waals surface area (Å²) in [5, 5.41) is 0.825. The lowest BCUT2D eigenvalue weighted by Crippen LogP contribution is -2.13. The molecule has 0 N–H and O–H groups in total. The fourth-order valence-corrected chi connectivity index (χ4v) is 3.12. The van der Waals surface area contributed by atoms with E-state index in [4.69, 9.17) is 0 Å². The average molecular weight is 338 g/mol. The number of pyridine rings is 1. The van der Waals surface area contributed by atoms with E-state index >= 15 is 0 Å². The van der Waals surface area contributed by atoms with E-state index in [9.17, 15) is 4.79 Å². The molecule has 0 fully saturated rings. The second kappa shape index (κ2) is 10.7. The highest BCUT2D eigenvalue weighted by Gasteiger charge is 2.06. The maximum absolute atomic E-state index is 12.6. The van der Waals surface area contributed by atoms with Crippen LogP contribution in [0.15, 0.2) is 59.6 Å². The van der Waals surface area contributed by atoms with Crippen LogP contribution in [0.2, 0.25) is 0 Å². The minimum absolute atomic E-state index is 0.188. The van der Waals surface area contributed by atoms with Gasteiger partial charge < -0.3 is 4.57 Å². The lowest BCUT2D eigenvalue weighted by atomic mass is 10.1. The predicted molar refractivity (Wildman–Crippen MR) is 109 cm³/mol. The van der Waals surface area contributed by atoms with Gasteiger partial charge in [0.05, 0.1) is 5.52 Å². The third-order valence-corrected chi connectivity index (χ3v) is 4.57. The van der Waals surface area contributed by atoms with Gasteiger partial charge in [-0.1, -0.05) is 56.2 Å². The van der Waals surface area contributed by atoms with Gasteiger partial charge in [-0.15, -0.1) is 0 Å². The lowest BCUT2D eigenvalue weighted by molar-refractivity contribution is 0.728. The highest BCUT2D eigenvalue weighted by Crippen LogP contribution is 2.11. The van der Waals surface area contributed by atoms with Crippen molar-refractivity contribution >= 4 is 10.9 Å². The van der Waals surface area contributed by atoms with Gasteiger partial charge in [-0.05, 0) is 50.7 Å². The monoisotopic (exact) mass is 337 g/mol. The standard InChI is InChI=1S/C23H31NO/c1-3-4-5-6-7-8-9-10-11-12-13-16-20-19-24(2)22-18-15-14-17-21(22)23(20)25/h7-8,10-11,14-15,17-19H,3-6,9,12-13,16H2,1-2H3/b8-7-,11-10-. The molecule has 0 spiro atoms. The zero-order valence-electron chi connectivity index (χ0n) is 15.7. The SMILES string of the molecule is CCCCC/C=C\C/C=C\CCCc1cn(C)c2ccccc2c1=O. The Morgan fingerprint density at radius 3 is 2.44 bits per heavy atom. The predicted octanol–water partition coefficient (Wildman–Crippen LogP) is 5.94. The van der Waals surface area contributed by atoms with Crippen molar-refractivity contribution in [1.29, 1.82) is 0 Å².